The van der Waals surface area contributed by atoms with E-state index in [1.165, 1.54) is 0 Å². The molecule has 0 saturated heterocycles. The molecule has 3 rings (SSSR count). The lowest BCUT2D eigenvalue weighted by molar-refractivity contribution is 0.782. The van der Waals surface area contributed by atoms with Gasteiger partial charge in [-0.15, -0.1) is 0 Å². The highest BCUT2D eigenvalue weighted by atomic mass is 15.3. The van der Waals surface area contributed by atoms with Crippen molar-refractivity contribution in [3.8, 4) is 11.3 Å². The van der Waals surface area contributed by atoms with Gasteiger partial charge in [0.2, 0.25) is 0 Å². The molecule has 0 atom stereocenters. The molecule has 0 spiro atoms. The maximum atomic E-state index is 5.78. The lowest BCUT2D eigenvalue weighted by Gasteiger charge is -1.98. The Morgan fingerprint density at radius 1 is 1.12 bits per heavy atom. The average Bonchev–Trinajstić information content (AvgIpc) is 2.84. The van der Waals surface area contributed by atoms with E-state index in [1.54, 1.807) is 4.68 Å². The number of hydrogen-bond acceptors (Lipinski definition) is 3. The number of benzene rings is 1. The summed E-state index contributed by atoms with van der Waals surface area (Å²) in [6.45, 7) is 0. The summed E-state index contributed by atoms with van der Waals surface area (Å²) in [6.07, 6.45) is 1.85. The van der Waals surface area contributed by atoms with Gasteiger partial charge < -0.3 is 5.73 Å². The Morgan fingerprint density at radius 2 is 1.94 bits per heavy atom. The van der Waals surface area contributed by atoms with Gasteiger partial charge in [0.1, 0.15) is 5.82 Å². The molecule has 0 aliphatic rings. The summed E-state index contributed by atoms with van der Waals surface area (Å²) in [5.74, 6) is 0.659. The van der Waals surface area contributed by atoms with Crippen LogP contribution in [-0.2, 0) is 14.1 Å². The van der Waals surface area contributed by atoms with Crippen LogP contribution >= 0.6 is 0 Å². The second-order valence-electron chi connectivity index (χ2n) is 4.12. The minimum atomic E-state index is 0.659. The van der Waals surface area contributed by atoms with Gasteiger partial charge in [0.15, 0.2) is 0 Å². The maximum Gasteiger partial charge on any atom is 0.121 e. The Bertz CT molecular complexity index is 673. The standard InChI is InChI=1S/C12H13N5/c1-16-11-4-3-8(5-9(11)7-14-16)10-6-12(13)17(2)15-10/h3-7H,13H2,1-2H3. The van der Waals surface area contributed by atoms with Crippen LogP contribution in [-0.4, -0.2) is 19.6 Å². The Morgan fingerprint density at radius 3 is 2.65 bits per heavy atom. The lowest BCUT2D eigenvalue weighted by atomic mass is 10.1. The van der Waals surface area contributed by atoms with Crippen molar-refractivity contribution < 1.29 is 0 Å². The van der Waals surface area contributed by atoms with Crippen LogP contribution in [0.2, 0.25) is 0 Å². The fourth-order valence-electron chi connectivity index (χ4n) is 1.95. The molecule has 2 heterocycles. The number of anilines is 1. The summed E-state index contributed by atoms with van der Waals surface area (Å²) in [4.78, 5) is 0. The van der Waals surface area contributed by atoms with E-state index in [1.807, 2.05) is 43.2 Å². The number of fused-ring (bicyclic) bond motifs is 1. The summed E-state index contributed by atoms with van der Waals surface area (Å²) in [6, 6.07) is 8.02. The molecule has 0 radical (unpaired) electrons. The molecule has 5 heteroatoms. The van der Waals surface area contributed by atoms with E-state index in [0.29, 0.717) is 5.82 Å². The largest absolute Gasteiger partial charge is 0.384 e. The zero-order valence-electron chi connectivity index (χ0n) is 9.75. The van der Waals surface area contributed by atoms with E-state index in [-0.39, 0.29) is 0 Å². The Hall–Kier alpha value is -2.30. The van der Waals surface area contributed by atoms with Crippen molar-refractivity contribution in [2.45, 2.75) is 0 Å². The first kappa shape index (κ1) is 9.89. The molecule has 0 fully saturated rings. The molecule has 3 aromatic rings. The van der Waals surface area contributed by atoms with Crippen molar-refractivity contribution in [3.63, 3.8) is 0 Å². The summed E-state index contributed by atoms with van der Waals surface area (Å²) in [5, 5.41) is 9.68. The van der Waals surface area contributed by atoms with Crippen molar-refractivity contribution >= 4 is 16.7 Å². The fraction of sp³-hybridized carbons (Fsp3) is 0.167. The molecule has 2 aromatic heterocycles. The van der Waals surface area contributed by atoms with Crippen LogP contribution in [0.1, 0.15) is 0 Å². The van der Waals surface area contributed by atoms with Crippen molar-refractivity contribution in [1.82, 2.24) is 19.6 Å². The van der Waals surface area contributed by atoms with Crippen molar-refractivity contribution in [1.29, 1.82) is 0 Å². The summed E-state index contributed by atoms with van der Waals surface area (Å²) >= 11 is 0. The predicted molar refractivity (Wildman–Crippen MR) is 67.3 cm³/mol. The van der Waals surface area contributed by atoms with E-state index in [9.17, 15) is 0 Å². The SMILES string of the molecule is Cn1nc(-c2ccc3c(cnn3C)c2)cc1N. The molecule has 0 aliphatic heterocycles. The van der Waals surface area contributed by atoms with Gasteiger partial charge in [-0.1, -0.05) is 6.07 Å². The van der Waals surface area contributed by atoms with Gasteiger partial charge >= 0.3 is 0 Å². The number of nitrogen functional groups attached to an aromatic ring is 1. The molecule has 2 N–H and O–H groups in total. The number of aromatic nitrogens is 4. The fourth-order valence-corrected chi connectivity index (χ4v) is 1.95. The molecular weight excluding hydrogens is 214 g/mol. The smallest absolute Gasteiger partial charge is 0.121 e. The predicted octanol–water partition coefficient (Wildman–Crippen LogP) is 1.56. The molecule has 5 nitrogen and oxygen atoms in total. The van der Waals surface area contributed by atoms with E-state index >= 15 is 0 Å². The summed E-state index contributed by atoms with van der Waals surface area (Å²) < 4.78 is 3.52. The van der Waals surface area contributed by atoms with Crippen LogP contribution in [0.3, 0.4) is 0 Å². The average molecular weight is 227 g/mol. The molecule has 86 valence electrons. The number of nitrogens with zero attached hydrogens (tertiary/aromatic N) is 4. The zero-order valence-corrected chi connectivity index (χ0v) is 9.75. The highest BCUT2D eigenvalue weighted by Crippen LogP contribution is 2.24. The van der Waals surface area contributed by atoms with E-state index < -0.39 is 0 Å². The van der Waals surface area contributed by atoms with E-state index in [2.05, 4.69) is 16.3 Å². The van der Waals surface area contributed by atoms with E-state index in [4.69, 9.17) is 5.73 Å². The number of hydrogen-bond donors (Lipinski definition) is 1. The van der Waals surface area contributed by atoms with Crippen LogP contribution in [0.15, 0.2) is 30.5 Å². The third-order valence-electron chi connectivity index (χ3n) is 2.96. The quantitative estimate of drug-likeness (QED) is 0.686. The minimum Gasteiger partial charge on any atom is -0.384 e. The summed E-state index contributed by atoms with van der Waals surface area (Å²) in [5.41, 5.74) is 8.83. The van der Waals surface area contributed by atoms with Crippen LogP contribution < -0.4 is 5.73 Å². The minimum absolute atomic E-state index is 0.659. The van der Waals surface area contributed by atoms with Gasteiger partial charge in [-0.3, -0.25) is 9.36 Å². The summed E-state index contributed by atoms with van der Waals surface area (Å²) in [7, 11) is 3.77. The van der Waals surface area contributed by atoms with Gasteiger partial charge in [-0.05, 0) is 12.1 Å². The number of nitrogens with two attached hydrogens (primary N) is 1. The molecule has 17 heavy (non-hydrogen) atoms. The third-order valence-corrected chi connectivity index (χ3v) is 2.96. The highest BCUT2D eigenvalue weighted by molar-refractivity contribution is 5.84. The second kappa shape index (κ2) is 3.35. The van der Waals surface area contributed by atoms with Crippen LogP contribution in [0.25, 0.3) is 22.2 Å². The first-order chi connectivity index (χ1) is 8.15. The highest BCUT2D eigenvalue weighted by Gasteiger charge is 2.07. The molecular formula is C12H13N5. The van der Waals surface area contributed by atoms with Gasteiger partial charge in [-0.25, -0.2) is 0 Å². The van der Waals surface area contributed by atoms with Crippen LogP contribution in [0.4, 0.5) is 5.82 Å². The van der Waals surface area contributed by atoms with Crippen LogP contribution in [0, 0.1) is 0 Å². The molecule has 0 unspecified atom stereocenters. The zero-order chi connectivity index (χ0) is 12.0. The molecule has 0 bridgehead atoms. The normalized spacial score (nSPS) is 11.2. The van der Waals surface area contributed by atoms with Crippen molar-refractivity contribution in [2.75, 3.05) is 5.73 Å². The topological polar surface area (TPSA) is 61.7 Å². The monoisotopic (exact) mass is 227 g/mol. The first-order valence-corrected chi connectivity index (χ1v) is 5.37. The number of rotatable bonds is 1. The Kier molecular flexibility index (Phi) is 1.95. The van der Waals surface area contributed by atoms with Gasteiger partial charge in [-0.2, -0.15) is 10.2 Å². The van der Waals surface area contributed by atoms with Gasteiger partial charge in [0.25, 0.3) is 0 Å². The lowest BCUT2D eigenvalue weighted by Crippen LogP contribution is -1.96. The third kappa shape index (κ3) is 1.47. The van der Waals surface area contributed by atoms with E-state index in [0.717, 1.165) is 22.2 Å². The molecule has 1 aromatic carbocycles. The molecule has 0 aliphatic carbocycles. The Balaban J connectivity index is 2.17. The second-order valence-corrected chi connectivity index (χ2v) is 4.12. The van der Waals surface area contributed by atoms with Gasteiger partial charge in [0.05, 0.1) is 17.4 Å². The first-order valence-electron chi connectivity index (χ1n) is 5.37. The van der Waals surface area contributed by atoms with Crippen molar-refractivity contribution in [3.05, 3.63) is 30.5 Å². The molecule has 0 saturated carbocycles. The maximum absolute atomic E-state index is 5.78. The van der Waals surface area contributed by atoms with Crippen molar-refractivity contribution in [2.24, 2.45) is 14.1 Å². The van der Waals surface area contributed by atoms with Crippen LogP contribution in [0.5, 0.6) is 0 Å². The molecule has 0 amide bonds. The number of aryl methyl sites for hydroxylation is 2. The van der Waals surface area contributed by atoms with Gasteiger partial charge in [0, 0.05) is 31.1 Å². The Labute approximate surface area is 98.5 Å².